The lowest BCUT2D eigenvalue weighted by molar-refractivity contribution is -0.145. The fourth-order valence-corrected chi connectivity index (χ4v) is 1.37. The van der Waals surface area contributed by atoms with Crippen molar-refractivity contribution >= 4 is 5.97 Å². The Morgan fingerprint density at radius 1 is 1.24 bits per heavy atom. The molecule has 0 atom stereocenters. The van der Waals surface area contributed by atoms with Crippen molar-refractivity contribution in [3.05, 3.63) is 29.8 Å². The largest absolute Gasteiger partial charge is 0.497 e. The Morgan fingerprint density at radius 3 is 2.53 bits per heavy atom. The molecule has 4 nitrogen and oxygen atoms in total. The Morgan fingerprint density at radius 2 is 1.94 bits per heavy atom. The molecule has 0 unspecified atom stereocenters. The van der Waals surface area contributed by atoms with E-state index >= 15 is 0 Å². The summed E-state index contributed by atoms with van der Waals surface area (Å²) < 4.78 is 10.2. The van der Waals surface area contributed by atoms with Crippen molar-refractivity contribution in [2.45, 2.75) is 25.9 Å². The van der Waals surface area contributed by atoms with Crippen molar-refractivity contribution in [2.75, 3.05) is 13.7 Å². The monoisotopic (exact) mass is 237 g/mol. The highest BCUT2D eigenvalue weighted by Crippen LogP contribution is 2.12. The van der Waals surface area contributed by atoms with Gasteiger partial charge in [0.2, 0.25) is 0 Å². The van der Waals surface area contributed by atoms with E-state index in [9.17, 15) is 4.79 Å². The maximum atomic E-state index is 11.3. The molecule has 0 aromatic heterocycles. The van der Waals surface area contributed by atoms with E-state index in [4.69, 9.17) is 15.2 Å². The zero-order chi connectivity index (χ0) is 12.5. The van der Waals surface area contributed by atoms with Gasteiger partial charge in [0.05, 0.1) is 7.11 Å². The van der Waals surface area contributed by atoms with Crippen LogP contribution in [-0.2, 0) is 16.1 Å². The molecule has 0 heterocycles. The number of carbonyl (C=O) groups excluding carboxylic acids is 1. The zero-order valence-corrected chi connectivity index (χ0v) is 10.1. The van der Waals surface area contributed by atoms with Crippen molar-refractivity contribution in [3.8, 4) is 5.75 Å². The van der Waals surface area contributed by atoms with Crippen molar-refractivity contribution in [3.63, 3.8) is 0 Å². The Labute approximate surface area is 102 Å². The molecule has 4 heteroatoms. The van der Waals surface area contributed by atoms with E-state index in [1.807, 2.05) is 24.3 Å². The molecule has 0 saturated heterocycles. The van der Waals surface area contributed by atoms with E-state index in [0.717, 1.165) is 24.2 Å². The lowest BCUT2D eigenvalue weighted by atomic mass is 10.2. The van der Waals surface area contributed by atoms with Crippen molar-refractivity contribution in [1.82, 2.24) is 0 Å². The van der Waals surface area contributed by atoms with Crippen LogP contribution in [0.3, 0.4) is 0 Å². The van der Waals surface area contributed by atoms with Gasteiger partial charge in [0.1, 0.15) is 12.4 Å². The van der Waals surface area contributed by atoms with E-state index in [1.54, 1.807) is 7.11 Å². The van der Waals surface area contributed by atoms with E-state index in [-0.39, 0.29) is 5.97 Å². The molecule has 2 N–H and O–H groups in total. The summed E-state index contributed by atoms with van der Waals surface area (Å²) in [6, 6.07) is 7.45. The topological polar surface area (TPSA) is 61.5 Å². The Hall–Kier alpha value is -1.55. The summed E-state index contributed by atoms with van der Waals surface area (Å²) in [6.07, 6.45) is 2.09. The van der Waals surface area contributed by atoms with Crippen molar-refractivity contribution in [2.24, 2.45) is 5.73 Å². The maximum Gasteiger partial charge on any atom is 0.306 e. The van der Waals surface area contributed by atoms with Crippen molar-refractivity contribution < 1.29 is 14.3 Å². The molecule has 0 saturated carbocycles. The van der Waals surface area contributed by atoms with Gasteiger partial charge in [-0.1, -0.05) is 12.1 Å². The van der Waals surface area contributed by atoms with Crippen LogP contribution < -0.4 is 10.5 Å². The van der Waals surface area contributed by atoms with Crippen LogP contribution in [0.25, 0.3) is 0 Å². The van der Waals surface area contributed by atoms with Crippen LogP contribution in [0.4, 0.5) is 0 Å². The molecule has 1 aromatic rings. The Kier molecular flexibility index (Phi) is 6.10. The third kappa shape index (κ3) is 5.36. The minimum Gasteiger partial charge on any atom is -0.497 e. The van der Waals surface area contributed by atoms with Gasteiger partial charge in [-0.25, -0.2) is 0 Å². The van der Waals surface area contributed by atoms with Gasteiger partial charge in [-0.15, -0.1) is 0 Å². The quantitative estimate of drug-likeness (QED) is 0.581. The molecule has 0 bridgehead atoms. The van der Waals surface area contributed by atoms with E-state index in [0.29, 0.717) is 19.6 Å². The first-order valence-electron chi connectivity index (χ1n) is 5.75. The minimum atomic E-state index is -0.172. The molecule has 0 aliphatic rings. The summed E-state index contributed by atoms with van der Waals surface area (Å²) in [6.45, 7) is 0.928. The van der Waals surface area contributed by atoms with Crippen LogP contribution >= 0.6 is 0 Å². The minimum absolute atomic E-state index is 0.172. The van der Waals surface area contributed by atoms with Crippen LogP contribution in [0.2, 0.25) is 0 Å². The number of carbonyl (C=O) groups is 1. The lowest BCUT2D eigenvalue weighted by Crippen LogP contribution is -2.06. The standard InChI is InChI=1S/C13H19NO3/c1-16-12-7-5-11(6-8-12)10-17-13(15)4-2-3-9-14/h5-8H,2-4,9-10,14H2,1H3. The number of benzene rings is 1. The molecule has 17 heavy (non-hydrogen) atoms. The SMILES string of the molecule is COc1ccc(COC(=O)CCCCN)cc1. The number of unbranched alkanes of at least 4 members (excludes halogenated alkanes) is 1. The van der Waals surface area contributed by atoms with Gasteiger partial charge in [0, 0.05) is 6.42 Å². The number of rotatable bonds is 7. The molecule has 1 rings (SSSR count). The van der Waals surface area contributed by atoms with Crippen molar-refractivity contribution in [1.29, 1.82) is 0 Å². The zero-order valence-electron chi connectivity index (χ0n) is 10.1. The maximum absolute atomic E-state index is 11.3. The molecule has 0 aliphatic carbocycles. The Balaban J connectivity index is 2.27. The predicted octanol–water partition coefficient (Wildman–Crippen LogP) is 1.87. The molecule has 1 aromatic carbocycles. The fourth-order valence-electron chi connectivity index (χ4n) is 1.37. The smallest absolute Gasteiger partial charge is 0.306 e. The number of esters is 1. The molecule has 0 spiro atoms. The van der Waals surface area contributed by atoms with Crippen LogP contribution in [0, 0.1) is 0 Å². The van der Waals surface area contributed by atoms with Crippen LogP contribution in [-0.4, -0.2) is 19.6 Å². The van der Waals surface area contributed by atoms with Gasteiger partial charge in [-0.05, 0) is 37.1 Å². The van der Waals surface area contributed by atoms with Gasteiger partial charge in [0.25, 0.3) is 0 Å². The normalized spacial score (nSPS) is 10.0. The highest BCUT2D eigenvalue weighted by molar-refractivity contribution is 5.69. The molecule has 94 valence electrons. The molecule has 0 fully saturated rings. The van der Waals surface area contributed by atoms with E-state index < -0.39 is 0 Å². The molecule has 0 radical (unpaired) electrons. The van der Waals surface area contributed by atoms with Gasteiger partial charge in [-0.3, -0.25) is 4.79 Å². The van der Waals surface area contributed by atoms with Crippen LogP contribution in [0.15, 0.2) is 24.3 Å². The second-order valence-electron chi connectivity index (χ2n) is 3.75. The fraction of sp³-hybridized carbons (Fsp3) is 0.462. The molecule has 0 amide bonds. The first kappa shape index (κ1) is 13.5. The average molecular weight is 237 g/mol. The van der Waals surface area contributed by atoms with E-state index in [2.05, 4.69) is 0 Å². The summed E-state index contributed by atoms with van der Waals surface area (Å²) in [5, 5.41) is 0. The highest BCUT2D eigenvalue weighted by atomic mass is 16.5. The predicted molar refractivity (Wildman–Crippen MR) is 65.7 cm³/mol. The molecular formula is C13H19NO3. The first-order valence-corrected chi connectivity index (χ1v) is 5.75. The number of hydrogen-bond donors (Lipinski definition) is 1. The summed E-state index contributed by atoms with van der Waals surface area (Å²) >= 11 is 0. The number of nitrogens with two attached hydrogens (primary N) is 1. The first-order chi connectivity index (χ1) is 8.26. The Bertz CT molecular complexity index is 335. The third-order valence-corrected chi connectivity index (χ3v) is 2.39. The summed E-state index contributed by atoms with van der Waals surface area (Å²) in [5.74, 6) is 0.622. The van der Waals surface area contributed by atoms with Gasteiger partial charge in [0.15, 0.2) is 0 Å². The van der Waals surface area contributed by atoms with E-state index in [1.165, 1.54) is 0 Å². The lowest BCUT2D eigenvalue weighted by Gasteiger charge is -2.05. The summed E-state index contributed by atoms with van der Waals surface area (Å²) in [5.41, 5.74) is 6.30. The van der Waals surface area contributed by atoms with Crippen LogP contribution in [0.5, 0.6) is 5.75 Å². The summed E-state index contributed by atoms with van der Waals surface area (Å²) in [7, 11) is 1.62. The average Bonchev–Trinajstić information content (AvgIpc) is 2.37. The van der Waals surface area contributed by atoms with Gasteiger partial charge >= 0.3 is 5.97 Å². The van der Waals surface area contributed by atoms with Crippen LogP contribution in [0.1, 0.15) is 24.8 Å². The van der Waals surface area contributed by atoms with Gasteiger partial charge in [-0.2, -0.15) is 0 Å². The highest BCUT2D eigenvalue weighted by Gasteiger charge is 2.03. The number of methoxy groups -OCH3 is 1. The second kappa shape index (κ2) is 7.68. The second-order valence-corrected chi connectivity index (χ2v) is 3.75. The summed E-state index contributed by atoms with van der Waals surface area (Å²) in [4.78, 5) is 11.3. The number of ether oxygens (including phenoxy) is 2. The van der Waals surface area contributed by atoms with Gasteiger partial charge < -0.3 is 15.2 Å². The molecular weight excluding hydrogens is 218 g/mol. The number of hydrogen-bond acceptors (Lipinski definition) is 4. The third-order valence-electron chi connectivity index (χ3n) is 2.39. The molecule has 0 aliphatic heterocycles.